The third-order valence-corrected chi connectivity index (χ3v) is 5.02. The summed E-state index contributed by atoms with van der Waals surface area (Å²) >= 11 is 12.2. The highest BCUT2D eigenvalue weighted by molar-refractivity contribution is 14.0. The van der Waals surface area contributed by atoms with Gasteiger partial charge in [0.15, 0.2) is 17.5 Å². The SMILES string of the molecule is CN=C(NCc1cccc2c1OCCCO2)NCc1cc(Cl)c(Cl)n1C.I. The molecule has 1 aromatic carbocycles. The van der Waals surface area contributed by atoms with E-state index < -0.39 is 0 Å². The van der Waals surface area contributed by atoms with E-state index in [0.29, 0.717) is 42.4 Å². The molecular formula is C18H23Cl2IN4O2. The third kappa shape index (κ3) is 5.36. The zero-order chi connectivity index (χ0) is 18.5. The van der Waals surface area contributed by atoms with Gasteiger partial charge in [-0.05, 0) is 12.1 Å². The summed E-state index contributed by atoms with van der Waals surface area (Å²) in [5.74, 6) is 2.26. The Morgan fingerprint density at radius 3 is 2.63 bits per heavy atom. The summed E-state index contributed by atoms with van der Waals surface area (Å²) in [7, 11) is 3.60. The van der Waals surface area contributed by atoms with Crippen LogP contribution in [0.1, 0.15) is 17.7 Å². The maximum Gasteiger partial charge on any atom is 0.191 e. The van der Waals surface area contributed by atoms with Crippen LogP contribution in [0, 0.1) is 0 Å². The van der Waals surface area contributed by atoms with E-state index in [1.54, 1.807) is 7.05 Å². The van der Waals surface area contributed by atoms with Crippen LogP contribution in [0.4, 0.5) is 0 Å². The van der Waals surface area contributed by atoms with Crippen molar-refractivity contribution >= 4 is 53.1 Å². The Morgan fingerprint density at radius 2 is 1.93 bits per heavy atom. The molecule has 148 valence electrons. The van der Waals surface area contributed by atoms with Crippen LogP contribution < -0.4 is 20.1 Å². The minimum Gasteiger partial charge on any atom is -0.490 e. The highest BCUT2D eigenvalue weighted by Gasteiger charge is 2.15. The summed E-state index contributed by atoms with van der Waals surface area (Å²) in [6.45, 7) is 2.46. The molecule has 3 rings (SSSR count). The van der Waals surface area contributed by atoms with Crippen molar-refractivity contribution in [1.29, 1.82) is 0 Å². The second-order valence-electron chi connectivity index (χ2n) is 5.91. The Bertz CT molecular complexity index is 811. The lowest BCUT2D eigenvalue weighted by Gasteiger charge is -2.15. The average Bonchev–Trinajstić information content (AvgIpc) is 2.84. The molecule has 0 amide bonds. The average molecular weight is 525 g/mol. The molecule has 0 saturated heterocycles. The van der Waals surface area contributed by atoms with Crippen molar-refractivity contribution in [2.24, 2.45) is 12.0 Å². The molecule has 0 unspecified atom stereocenters. The van der Waals surface area contributed by atoms with Gasteiger partial charge in [-0.3, -0.25) is 4.99 Å². The highest BCUT2D eigenvalue weighted by Crippen LogP contribution is 2.33. The first-order chi connectivity index (χ1) is 12.6. The van der Waals surface area contributed by atoms with E-state index in [1.807, 2.05) is 35.9 Å². The number of ether oxygens (including phenoxy) is 2. The van der Waals surface area contributed by atoms with Gasteiger partial charge in [-0.1, -0.05) is 35.3 Å². The van der Waals surface area contributed by atoms with Crippen LogP contribution in [0.25, 0.3) is 0 Å². The number of hydrogen-bond donors (Lipinski definition) is 2. The summed E-state index contributed by atoms with van der Waals surface area (Å²) < 4.78 is 13.4. The van der Waals surface area contributed by atoms with Crippen LogP contribution in [0.2, 0.25) is 10.2 Å². The molecule has 6 nitrogen and oxygen atoms in total. The number of rotatable bonds is 4. The molecule has 0 spiro atoms. The number of nitrogens with zero attached hydrogens (tertiary/aromatic N) is 2. The number of guanidine groups is 1. The maximum absolute atomic E-state index is 6.10. The molecule has 1 aliphatic rings. The van der Waals surface area contributed by atoms with Gasteiger partial charge in [0.1, 0.15) is 5.15 Å². The number of halogens is 3. The summed E-state index contributed by atoms with van der Waals surface area (Å²) in [4.78, 5) is 4.25. The standard InChI is InChI=1S/C18H22Cl2N4O2.HI/c1-21-18(23-11-13-9-14(19)17(20)24(13)2)22-10-12-5-3-6-15-16(12)26-8-4-7-25-15;/h3,5-6,9H,4,7-8,10-11H2,1-2H3,(H2,21,22,23);1H. The van der Waals surface area contributed by atoms with Crippen molar-refractivity contribution in [3.8, 4) is 11.5 Å². The summed E-state index contributed by atoms with van der Waals surface area (Å²) in [5, 5.41) is 7.62. The van der Waals surface area contributed by atoms with Gasteiger partial charge in [0.25, 0.3) is 0 Å². The number of benzene rings is 1. The quantitative estimate of drug-likeness (QED) is 0.361. The second-order valence-corrected chi connectivity index (χ2v) is 6.67. The molecule has 0 radical (unpaired) electrons. The normalized spacial score (nSPS) is 13.6. The second kappa shape index (κ2) is 10.3. The molecule has 1 aromatic heterocycles. The molecule has 0 bridgehead atoms. The number of aromatic nitrogens is 1. The van der Waals surface area contributed by atoms with E-state index in [2.05, 4.69) is 15.6 Å². The topological polar surface area (TPSA) is 59.8 Å². The summed E-state index contributed by atoms with van der Waals surface area (Å²) in [5.41, 5.74) is 1.99. The van der Waals surface area contributed by atoms with Gasteiger partial charge in [-0.15, -0.1) is 24.0 Å². The van der Waals surface area contributed by atoms with Crippen molar-refractivity contribution < 1.29 is 9.47 Å². The molecular weight excluding hydrogens is 502 g/mol. The Hall–Kier alpha value is -1.32. The van der Waals surface area contributed by atoms with E-state index in [0.717, 1.165) is 29.2 Å². The van der Waals surface area contributed by atoms with Crippen LogP contribution in [-0.4, -0.2) is 30.8 Å². The summed E-state index contributed by atoms with van der Waals surface area (Å²) in [6.07, 6.45) is 0.882. The van der Waals surface area contributed by atoms with E-state index >= 15 is 0 Å². The van der Waals surface area contributed by atoms with Crippen molar-refractivity contribution in [3.63, 3.8) is 0 Å². The summed E-state index contributed by atoms with van der Waals surface area (Å²) in [6, 6.07) is 7.76. The predicted octanol–water partition coefficient (Wildman–Crippen LogP) is 3.98. The van der Waals surface area contributed by atoms with E-state index in [1.165, 1.54) is 0 Å². The van der Waals surface area contributed by atoms with Crippen LogP contribution in [0.5, 0.6) is 11.5 Å². The Labute approximate surface area is 186 Å². The minimum absolute atomic E-state index is 0. The maximum atomic E-state index is 6.10. The largest absolute Gasteiger partial charge is 0.490 e. The minimum atomic E-state index is 0. The van der Waals surface area contributed by atoms with Crippen LogP contribution >= 0.6 is 47.2 Å². The molecule has 0 atom stereocenters. The molecule has 27 heavy (non-hydrogen) atoms. The fraction of sp³-hybridized carbons (Fsp3) is 0.389. The first-order valence-corrected chi connectivity index (χ1v) is 9.17. The molecule has 0 fully saturated rings. The van der Waals surface area contributed by atoms with Crippen LogP contribution in [-0.2, 0) is 20.1 Å². The van der Waals surface area contributed by atoms with Gasteiger partial charge >= 0.3 is 0 Å². The van der Waals surface area contributed by atoms with Gasteiger partial charge in [-0.25, -0.2) is 0 Å². The number of para-hydroxylation sites is 1. The number of hydrogen-bond acceptors (Lipinski definition) is 3. The van der Waals surface area contributed by atoms with E-state index in [9.17, 15) is 0 Å². The van der Waals surface area contributed by atoms with Gasteiger partial charge in [0, 0.05) is 38.3 Å². The lowest BCUT2D eigenvalue weighted by Crippen LogP contribution is -2.36. The number of fused-ring (bicyclic) bond motifs is 1. The van der Waals surface area contributed by atoms with Crippen molar-refractivity contribution in [3.05, 3.63) is 45.7 Å². The first-order valence-electron chi connectivity index (χ1n) is 8.41. The Kier molecular flexibility index (Phi) is 8.37. The molecule has 0 aliphatic carbocycles. The fourth-order valence-electron chi connectivity index (χ4n) is 2.73. The third-order valence-electron chi connectivity index (χ3n) is 4.18. The highest BCUT2D eigenvalue weighted by atomic mass is 127. The predicted molar refractivity (Wildman–Crippen MR) is 120 cm³/mol. The fourth-order valence-corrected chi connectivity index (χ4v) is 3.14. The van der Waals surface area contributed by atoms with Crippen LogP contribution in [0.3, 0.4) is 0 Å². The number of nitrogens with one attached hydrogen (secondary N) is 2. The van der Waals surface area contributed by atoms with Crippen LogP contribution in [0.15, 0.2) is 29.3 Å². The first kappa shape index (κ1) is 22.0. The molecule has 2 heterocycles. The Morgan fingerprint density at radius 1 is 1.19 bits per heavy atom. The van der Waals surface area contributed by atoms with Gasteiger partial charge in [0.2, 0.25) is 0 Å². The van der Waals surface area contributed by atoms with E-state index in [-0.39, 0.29) is 24.0 Å². The zero-order valence-corrected chi connectivity index (χ0v) is 19.1. The van der Waals surface area contributed by atoms with Gasteiger partial charge in [-0.2, -0.15) is 0 Å². The molecule has 1 aliphatic heterocycles. The smallest absolute Gasteiger partial charge is 0.191 e. The molecule has 0 saturated carbocycles. The van der Waals surface area contributed by atoms with Crippen molar-refractivity contribution in [1.82, 2.24) is 15.2 Å². The lowest BCUT2D eigenvalue weighted by atomic mass is 10.2. The molecule has 2 aromatic rings. The monoisotopic (exact) mass is 524 g/mol. The number of aliphatic imine (C=N–C) groups is 1. The van der Waals surface area contributed by atoms with E-state index in [4.69, 9.17) is 32.7 Å². The van der Waals surface area contributed by atoms with Crippen molar-refractivity contribution in [2.75, 3.05) is 20.3 Å². The van der Waals surface area contributed by atoms with Gasteiger partial charge < -0.3 is 24.7 Å². The molecule has 2 N–H and O–H groups in total. The molecule has 9 heteroatoms. The van der Waals surface area contributed by atoms with Gasteiger partial charge in [0.05, 0.1) is 24.8 Å². The zero-order valence-electron chi connectivity index (χ0n) is 15.2. The lowest BCUT2D eigenvalue weighted by molar-refractivity contribution is 0.296. The van der Waals surface area contributed by atoms with Crippen molar-refractivity contribution in [2.45, 2.75) is 19.5 Å². The Balaban J connectivity index is 0.00000261.